The Balaban J connectivity index is 2.42. The fourth-order valence-corrected chi connectivity index (χ4v) is 1.76. The van der Waals surface area contributed by atoms with Crippen LogP contribution in [0.2, 0.25) is 0 Å². The molecule has 0 unspecified atom stereocenters. The molecule has 140 valence electrons. The summed E-state index contributed by atoms with van der Waals surface area (Å²) in [6, 6.07) is 5.25. The van der Waals surface area contributed by atoms with Crippen LogP contribution in [0.3, 0.4) is 0 Å². The van der Waals surface area contributed by atoms with Gasteiger partial charge >= 0.3 is 6.18 Å². The average Bonchev–Trinajstić information content (AvgIpc) is 2.55. The molecule has 1 aromatic carbocycles. The van der Waals surface area contributed by atoms with E-state index in [0.29, 0.717) is 5.56 Å². The third-order valence-electron chi connectivity index (χ3n) is 3.23. The first-order valence-corrected chi connectivity index (χ1v) is 7.67. The quantitative estimate of drug-likeness (QED) is 0.651. The van der Waals surface area contributed by atoms with E-state index in [4.69, 9.17) is 5.73 Å². The van der Waals surface area contributed by atoms with Gasteiger partial charge < -0.3 is 21.1 Å². The van der Waals surface area contributed by atoms with Crippen LogP contribution in [-0.2, 0) is 16.1 Å². The van der Waals surface area contributed by atoms with Crippen LogP contribution >= 0.6 is 0 Å². The number of carbonyl (C=O) groups is 2. The number of carbonyl (C=O) groups excluding carboxylic acids is 2. The van der Waals surface area contributed by atoms with Gasteiger partial charge in [-0.05, 0) is 23.6 Å². The second-order valence-electron chi connectivity index (χ2n) is 5.82. The normalized spacial score (nSPS) is 12.6. The summed E-state index contributed by atoms with van der Waals surface area (Å²) < 4.78 is 41.0. The van der Waals surface area contributed by atoms with Gasteiger partial charge in [0.2, 0.25) is 11.8 Å². The number of hydrogen-bond acceptors (Lipinski definition) is 4. The molecule has 0 fully saturated rings. The predicted molar refractivity (Wildman–Crippen MR) is 85.7 cm³/mol. The lowest BCUT2D eigenvalue weighted by Crippen LogP contribution is -2.47. The van der Waals surface area contributed by atoms with Crippen molar-refractivity contribution >= 4 is 11.8 Å². The maximum Gasteiger partial charge on any atom is 0.422 e. The molecule has 6 nitrogen and oxygen atoms in total. The standard InChI is InChI=1S/C16H22F3N3O3/c1-10(2)14(20)15(24)22-8-13(23)21-7-11-4-3-5-12(6-11)25-9-16(17,18)19/h3-6,10,14H,7-9,20H2,1-2H3,(H,21,23)(H,22,24)/t14-/m0/s1. The lowest BCUT2D eigenvalue weighted by molar-refractivity contribution is -0.153. The zero-order chi connectivity index (χ0) is 19.0. The van der Waals surface area contributed by atoms with Crippen molar-refractivity contribution in [2.45, 2.75) is 32.6 Å². The second-order valence-corrected chi connectivity index (χ2v) is 5.82. The number of amides is 2. The zero-order valence-electron chi connectivity index (χ0n) is 14.0. The lowest BCUT2D eigenvalue weighted by atomic mass is 10.1. The molecular weight excluding hydrogens is 339 g/mol. The van der Waals surface area contributed by atoms with Gasteiger partial charge in [-0.2, -0.15) is 13.2 Å². The third-order valence-corrected chi connectivity index (χ3v) is 3.23. The Hall–Kier alpha value is -2.29. The summed E-state index contributed by atoms with van der Waals surface area (Å²) in [6.07, 6.45) is -4.42. The van der Waals surface area contributed by atoms with Gasteiger partial charge in [0.1, 0.15) is 5.75 Å². The van der Waals surface area contributed by atoms with Crippen molar-refractivity contribution in [1.29, 1.82) is 0 Å². The van der Waals surface area contributed by atoms with Gasteiger partial charge in [-0.3, -0.25) is 9.59 Å². The second kappa shape index (κ2) is 9.26. The third kappa shape index (κ3) is 8.39. The molecule has 0 saturated heterocycles. The topological polar surface area (TPSA) is 93.5 Å². The highest BCUT2D eigenvalue weighted by molar-refractivity contribution is 5.87. The molecule has 0 saturated carbocycles. The molecule has 0 aliphatic carbocycles. The molecule has 1 rings (SSSR count). The van der Waals surface area contributed by atoms with E-state index in [9.17, 15) is 22.8 Å². The summed E-state index contributed by atoms with van der Waals surface area (Å²) in [5.74, 6) is -0.860. The largest absolute Gasteiger partial charge is 0.484 e. The number of alkyl halides is 3. The Bertz CT molecular complexity index is 591. The minimum Gasteiger partial charge on any atom is -0.484 e. The first-order valence-electron chi connectivity index (χ1n) is 7.67. The molecular formula is C16H22F3N3O3. The fourth-order valence-electron chi connectivity index (χ4n) is 1.76. The highest BCUT2D eigenvalue weighted by Crippen LogP contribution is 2.19. The van der Waals surface area contributed by atoms with Gasteiger partial charge in [-0.1, -0.05) is 26.0 Å². The molecule has 25 heavy (non-hydrogen) atoms. The first-order chi connectivity index (χ1) is 11.6. The Labute approximate surface area is 143 Å². The fraction of sp³-hybridized carbons (Fsp3) is 0.500. The molecule has 0 aromatic heterocycles. The van der Waals surface area contributed by atoms with Crippen molar-refractivity contribution in [3.8, 4) is 5.75 Å². The summed E-state index contributed by atoms with van der Waals surface area (Å²) in [5, 5.41) is 4.97. The van der Waals surface area contributed by atoms with Crippen LogP contribution in [0.4, 0.5) is 13.2 Å². The smallest absolute Gasteiger partial charge is 0.422 e. The average molecular weight is 361 g/mol. The van der Waals surface area contributed by atoms with Gasteiger partial charge in [0.25, 0.3) is 0 Å². The Morgan fingerprint density at radius 3 is 2.52 bits per heavy atom. The van der Waals surface area contributed by atoms with Crippen molar-refractivity contribution in [3.63, 3.8) is 0 Å². The molecule has 0 radical (unpaired) electrons. The molecule has 0 aliphatic heterocycles. The molecule has 4 N–H and O–H groups in total. The summed E-state index contributed by atoms with van der Waals surface area (Å²) in [6.45, 7) is 2.05. The van der Waals surface area contributed by atoms with Crippen LogP contribution in [0.1, 0.15) is 19.4 Å². The Kier molecular flexibility index (Phi) is 7.69. The lowest BCUT2D eigenvalue weighted by Gasteiger charge is -2.15. The van der Waals surface area contributed by atoms with Gasteiger partial charge in [0.05, 0.1) is 12.6 Å². The predicted octanol–water partition coefficient (Wildman–Crippen LogP) is 1.34. The number of nitrogens with one attached hydrogen (secondary N) is 2. The van der Waals surface area contributed by atoms with Gasteiger partial charge in [0, 0.05) is 6.54 Å². The van der Waals surface area contributed by atoms with E-state index in [0.717, 1.165) is 0 Å². The number of benzene rings is 1. The molecule has 0 aliphatic rings. The van der Waals surface area contributed by atoms with E-state index in [1.165, 1.54) is 18.2 Å². The molecule has 1 atom stereocenters. The van der Waals surface area contributed by atoms with Gasteiger partial charge in [-0.25, -0.2) is 0 Å². The van der Waals surface area contributed by atoms with Crippen LogP contribution in [-0.4, -0.2) is 37.2 Å². The highest BCUT2D eigenvalue weighted by Gasteiger charge is 2.28. The van der Waals surface area contributed by atoms with Crippen molar-refractivity contribution in [2.75, 3.05) is 13.2 Å². The monoisotopic (exact) mass is 361 g/mol. The molecule has 9 heteroatoms. The van der Waals surface area contributed by atoms with Crippen molar-refractivity contribution in [3.05, 3.63) is 29.8 Å². The number of halogens is 3. The summed E-state index contributed by atoms with van der Waals surface area (Å²) in [4.78, 5) is 23.3. The molecule has 0 heterocycles. The van der Waals surface area contributed by atoms with Crippen molar-refractivity contribution in [1.82, 2.24) is 10.6 Å². The van der Waals surface area contributed by atoms with Gasteiger partial charge in [0.15, 0.2) is 6.61 Å². The van der Waals surface area contributed by atoms with E-state index in [1.807, 2.05) is 0 Å². The summed E-state index contributed by atoms with van der Waals surface area (Å²) >= 11 is 0. The maximum absolute atomic E-state index is 12.1. The number of rotatable bonds is 8. The van der Waals surface area contributed by atoms with Crippen LogP contribution in [0, 0.1) is 5.92 Å². The molecule has 2 amide bonds. The maximum atomic E-state index is 12.1. The zero-order valence-corrected chi connectivity index (χ0v) is 14.0. The van der Waals surface area contributed by atoms with Crippen molar-refractivity contribution < 1.29 is 27.5 Å². The Morgan fingerprint density at radius 2 is 1.92 bits per heavy atom. The van der Waals surface area contributed by atoms with Crippen LogP contribution < -0.4 is 21.1 Å². The van der Waals surface area contributed by atoms with E-state index < -0.39 is 30.6 Å². The minimum absolute atomic E-state index is 0.0532. The SMILES string of the molecule is CC(C)[C@H](N)C(=O)NCC(=O)NCc1cccc(OCC(F)(F)F)c1. The van der Waals surface area contributed by atoms with E-state index in [1.54, 1.807) is 19.9 Å². The van der Waals surface area contributed by atoms with E-state index in [2.05, 4.69) is 15.4 Å². The number of hydrogen-bond donors (Lipinski definition) is 3. The Morgan fingerprint density at radius 1 is 1.24 bits per heavy atom. The highest BCUT2D eigenvalue weighted by atomic mass is 19.4. The van der Waals surface area contributed by atoms with E-state index >= 15 is 0 Å². The molecule has 0 spiro atoms. The number of nitrogens with two attached hydrogens (primary N) is 1. The van der Waals surface area contributed by atoms with Crippen LogP contribution in [0.5, 0.6) is 5.75 Å². The number of ether oxygens (including phenoxy) is 1. The molecule has 1 aromatic rings. The van der Waals surface area contributed by atoms with E-state index in [-0.39, 0.29) is 24.8 Å². The summed E-state index contributed by atoms with van der Waals surface area (Å²) in [7, 11) is 0. The minimum atomic E-state index is -4.42. The molecule has 0 bridgehead atoms. The first kappa shape index (κ1) is 20.8. The summed E-state index contributed by atoms with van der Waals surface area (Å²) in [5.41, 5.74) is 6.22. The van der Waals surface area contributed by atoms with Gasteiger partial charge in [-0.15, -0.1) is 0 Å². The van der Waals surface area contributed by atoms with Crippen LogP contribution in [0.25, 0.3) is 0 Å². The van der Waals surface area contributed by atoms with Crippen LogP contribution in [0.15, 0.2) is 24.3 Å². The van der Waals surface area contributed by atoms with Crippen molar-refractivity contribution in [2.24, 2.45) is 11.7 Å².